The Kier molecular flexibility index (Phi) is 6.32. The van der Waals surface area contributed by atoms with E-state index in [-0.39, 0.29) is 5.78 Å². The summed E-state index contributed by atoms with van der Waals surface area (Å²) in [6.45, 7) is 2.77. The van der Waals surface area contributed by atoms with E-state index in [0.29, 0.717) is 46.7 Å². The van der Waals surface area contributed by atoms with Crippen LogP contribution < -0.4 is 15.5 Å². The highest BCUT2D eigenvalue weighted by molar-refractivity contribution is 6.11. The Morgan fingerprint density at radius 1 is 0.857 bits per heavy atom. The molecule has 4 aromatic rings. The molecule has 9 heteroatoms. The molecule has 0 unspecified atom stereocenters. The molecule has 1 aliphatic rings. The van der Waals surface area contributed by atoms with Crippen molar-refractivity contribution in [2.45, 2.75) is 0 Å². The summed E-state index contributed by atoms with van der Waals surface area (Å²) in [5.41, 5.74) is 2.95. The van der Waals surface area contributed by atoms with Crippen molar-refractivity contribution in [3.05, 3.63) is 89.9 Å². The monoisotopic (exact) mass is 471 g/mol. The van der Waals surface area contributed by atoms with Gasteiger partial charge in [0.05, 0.1) is 30.4 Å². The van der Waals surface area contributed by atoms with E-state index < -0.39 is 11.8 Å². The molecule has 5 rings (SSSR count). The van der Waals surface area contributed by atoms with E-state index in [0.717, 1.165) is 18.9 Å². The minimum atomic E-state index is -0.545. The second-order valence-electron chi connectivity index (χ2n) is 8.03. The number of amides is 2. The second kappa shape index (κ2) is 9.86. The summed E-state index contributed by atoms with van der Waals surface area (Å²) < 4.78 is 18.7. The number of fused-ring (bicyclic) bond motifs is 1. The number of halogens is 1. The van der Waals surface area contributed by atoms with Gasteiger partial charge in [-0.25, -0.2) is 14.2 Å². The number of urea groups is 1. The number of carbonyl (C=O) groups is 2. The van der Waals surface area contributed by atoms with E-state index in [9.17, 15) is 14.0 Å². The first-order valence-electron chi connectivity index (χ1n) is 11.1. The van der Waals surface area contributed by atoms with Crippen molar-refractivity contribution in [3.8, 4) is 0 Å². The number of morpholine rings is 1. The lowest BCUT2D eigenvalue weighted by Crippen LogP contribution is -2.36. The summed E-state index contributed by atoms with van der Waals surface area (Å²) in [5, 5.41) is 5.23. The third kappa shape index (κ3) is 5.25. The van der Waals surface area contributed by atoms with E-state index in [1.165, 1.54) is 18.2 Å². The van der Waals surface area contributed by atoms with Gasteiger partial charge in [0.15, 0.2) is 5.78 Å². The molecule has 1 saturated heterocycles. The van der Waals surface area contributed by atoms with Crippen molar-refractivity contribution in [3.63, 3.8) is 0 Å². The summed E-state index contributed by atoms with van der Waals surface area (Å²) in [4.78, 5) is 36.8. The van der Waals surface area contributed by atoms with Gasteiger partial charge < -0.3 is 20.3 Å². The zero-order valence-corrected chi connectivity index (χ0v) is 18.7. The first-order chi connectivity index (χ1) is 17.0. The Morgan fingerprint density at radius 3 is 2.34 bits per heavy atom. The number of hydrogen-bond acceptors (Lipinski definition) is 6. The lowest BCUT2D eigenvalue weighted by atomic mass is 10.0. The van der Waals surface area contributed by atoms with Crippen LogP contribution >= 0.6 is 0 Å². The molecule has 8 nitrogen and oxygen atoms in total. The number of nitrogens with one attached hydrogen (secondary N) is 2. The van der Waals surface area contributed by atoms with Crippen molar-refractivity contribution < 1.29 is 18.7 Å². The zero-order valence-electron chi connectivity index (χ0n) is 18.7. The van der Waals surface area contributed by atoms with Crippen molar-refractivity contribution in [1.29, 1.82) is 0 Å². The Hall–Kier alpha value is -4.37. The van der Waals surface area contributed by atoms with Crippen LogP contribution in [-0.2, 0) is 4.74 Å². The first-order valence-corrected chi connectivity index (χ1v) is 11.1. The standard InChI is InChI=1S/C26H22FN5O3/c27-19-4-2-6-21(15-19)30-26(34)29-20-5-1-3-17(13-20)25(33)18-7-8-22-23(14-18)31-24(16-28-22)32-9-11-35-12-10-32/h1-8,13-16H,9-12H2,(H2,29,30,34). The molecule has 2 heterocycles. The number of anilines is 3. The van der Waals surface area contributed by atoms with Crippen molar-refractivity contribution >= 4 is 40.0 Å². The van der Waals surface area contributed by atoms with Crippen LogP contribution in [0.25, 0.3) is 11.0 Å². The Bertz CT molecular complexity index is 1400. The Morgan fingerprint density at radius 2 is 1.57 bits per heavy atom. The normalized spacial score (nSPS) is 13.5. The van der Waals surface area contributed by atoms with E-state index in [4.69, 9.17) is 9.72 Å². The van der Waals surface area contributed by atoms with Crippen LogP contribution in [-0.4, -0.2) is 48.1 Å². The highest BCUT2D eigenvalue weighted by atomic mass is 19.1. The highest BCUT2D eigenvalue weighted by Crippen LogP contribution is 2.21. The van der Waals surface area contributed by atoms with E-state index in [2.05, 4.69) is 20.5 Å². The predicted molar refractivity (Wildman–Crippen MR) is 131 cm³/mol. The molecule has 0 atom stereocenters. The number of benzene rings is 3. The van der Waals surface area contributed by atoms with E-state index in [1.54, 1.807) is 54.7 Å². The number of ketones is 1. The summed E-state index contributed by atoms with van der Waals surface area (Å²) >= 11 is 0. The molecule has 1 fully saturated rings. The predicted octanol–water partition coefficient (Wildman–Crippen LogP) is 4.48. The molecule has 0 bridgehead atoms. The molecule has 0 spiro atoms. The average molecular weight is 471 g/mol. The maximum Gasteiger partial charge on any atom is 0.323 e. The molecule has 0 radical (unpaired) electrons. The molecule has 3 aromatic carbocycles. The summed E-state index contributed by atoms with van der Waals surface area (Å²) in [5.74, 6) is 0.0908. The molecule has 176 valence electrons. The van der Waals surface area contributed by atoms with Gasteiger partial charge in [-0.2, -0.15) is 0 Å². The lowest BCUT2D eigenvalue weighted by molar-refractivity contribution is 0.103. The molecular weight excluding hydrogens is 449 g/mol. The number of rotatable bonds is 5. The smallest absolute Gasteiger partial charge is 0.323 e. The van der Waals surface area contributed by atoms with Crippen LogP contribution in [0, 0.1) is 5.82 Å². The molecular formula is C26H22FN5O3. The largest absolute Gasteiger partial charge is 0.378 e. The fourth-order valence-electron chi connectivity index (χ4n) is 3.85. The number of carbonyl (C=O) groups excluding carboxylic acids is 2. The molecule has 2 N–H and O–H groups in total. The minimum Gasteiger partial charge on any atom is -0.378 e. The van der Waals surface area contributed by atoms with Crippen LogP contribution in [0.2, 0.25) is 0 Å². The minimum absolute atomic E-state index is 0.209. The van der Waals surface area contributed by atoms with Gasteiger partial charge in [-0.3, -0.25) is 9.78 Å². The van der Waals surface area contributed by atoms with Gasteiger partial charge in [-0.1, -0.05) is 18.2 Å². The van der Waals surface area contributed by atoms with E-state index in [1.807, 2.05) is 0 Å². The van der Waals surface area contributed by atoms with Crippen LogP contribution in [0.1, 0.15) is 15.9 Å². The lowest BCUT2D eigenvalue weighted by Gasteiger charge is -2.27. The topological polar surface area (TPSA) is 96.5 Å². The fraction of sp³-hybridized carbons (Fsp3) is 0.154. The summed E-state index contributed by atoms with van der Waals surface area (Å²) in [6, 6.07) is 16.9. The van der Waals surface area contributed by atoms with Crippen LogP contribution in [0.5, 0.6) is 0 Å². The van der Waals surface area contributed by atoms with Gasteiger partial charge >= 0.3 is 6.03 Å². The summed E-state index contributed by atoms with van der Waals surface area (Å²) in [6.07, 6.45) is 1.74. The van der Waals surface area contributed by atoms with Crippen molar-refractivity contribution in [2.75, 3.05) is 41.8 Å². The maximum atomic E-state index is 13.3. The number of aromatic nitrogens is 2. The van der Waals surface area contributed by atoms with Gasteiger partial charge in [-0.05, 0) is 48.5 Å². The van der Waals surface area contributed by atoms with Crippen molar-refractivity contribution in [1.82, 2.24) is 9.97 Å². The molecule has 0 saturated carbocycles. The van der Waals surface area contributed by atoms with Gasteiger partial charge in [0, 0.05) is 35.6 Å². The Balaban J connectivity index is 1.33. The van der Waals surface area contributed by atoms with Gasteiger partial charge in [0.25, 0.3) is 0 Å². The molecule has 35 heavy (non-hydrogen) atoms. The molecule has 0 aliphatic carbocycles. The maximum absolute atomic E-state index is 13.3. The molecule has 2 amide bonds. The number of nitrogens with zero attached hydrogens (tertiary/aromatic N) is 3. The number of ether oxygens (including phenoxy) is 1. The van der Waals surface area contributed by atoms with Gasteiger partial charge in [0.2, 0.25) is 0 Å². The van der Waals surface area contributed by atoms with Crippen LogP contribution in [0.15, 0.2) is 72.9 Å². The second-order valence-corrected chi connectivity index (χ2v) is 8.03. The highest BCUT2D eigenvalue weighted by Gasteiger charge is 2.15. The average Bonchev–Trinajstić information content (AvgIpc) is 2.88. The third-order valence-corrected chi connectivity index (χ3v) is 5.59. The van der Waals surface area contributed by atoms with E-state index >= 15 is 0 Å². The SMILES string of the molecule is O=C(Nc1cccc(F)c1)Nc1cccc(C(=O)c2ccc3ncc(N4CCOCC4)nc3c2)c1. The number of hydrogen-bond donors (Lipinski definition) is 2. The quantitative estimate of drug-likeness (QED) is 0.417. The van der Waals surface area contributed by atoms with Gasteiger partial charge in [0.1, 0.15) is 11.6 Å². The third-order valence-electron chi connectivity index (χ3n) is 5.59. The fourth-order valence-corrected chi connectivity index (χ4v) is 3.85. The van der Waals surface area contributed by atoms with Gasteiger partial charge in [-0.15, -0.1) is 0 Å². The van der Waals surface area contributed by atoms with Crippen LogP contribution in [0.4, 0.5) is 26.4 Å². The zero-order chi connectivity index (χ0) is 24.2. The Labute approximate surface area is 200 Å². The van der Waals surface area contributed by atoms with Crippen LogP contribution in [0.3, 0.4) is 0 Å². The van der Waals surface area contributed by atoms with Crippen molar-refractivity contribution in [2.24, 2.45) is 0 Å². The molecule has 1 aliphatic heterocycles. The molecule has 1 aromatic heterocycles. The summed E-state index contributed by atoms with van der Waals surface area (Å²) in [7, 11) is 0. The first kappa shape index (κ1) is 22.4.